The van der Waals surface area contributed by atoms with Gasteiger partial charge in [0, 0.05) is 18.7 Å². The second-order valence-corrected chi connectivity index (χ2v) is 9.72. The highest BCUT2D eigenvalue weighted by atomic mass is 32.2. The second-order valence-electron chi connectivity index (χ2n) is 6.84. The first kappa shape index (κ1) is 18.6. The highest BCUT2D eigenvalue weighted by Crippen LogP contribution is 2.36. The number of aromatic nitrogens is 4. The van der Waals surface area contributed by atoms with Crippen LogP contribution in [0.4, 0.5) is 0 Å². The molecule has 1 aromatic heterocycles. The topological polar surface area (TPSA) is 98.0 Å². The molecule has 0 N–H and O–H groups in total. The first-order valence-electron chi connectivity index (χ1n) is 9.10. The number of sulfonamides is 1. The predicted octanol–water partition coefficient (Wildman–Crippen LogP) is 2.16. The summed E-state index contributed by atoms with van der Waals surface area (Å²) >= 11 is 1.31. The standard InChI is InChI=1S/C17H21N5O3S2/c23-16(12-26-17-18-19-20-22(17)14-6-7-14)13-4-8-15(9-5-13)27(24,25)21-10-2-1-3-11-21/h4-5,8-9,14H,1-3,6-7,10-12H2. The van der Waals surface area contributed by atoms with E-state index in [0.29, 0.717) is 29.9 Å². The molecular weight excluding hydrogens is 386 g/mol. The number of nitrogens with zero attached hydrogens (tertiary/aromatic N) is 5. The molecule has 144 valence electrons. The Hall–Kier alpha value is -1.78. The lowest BCUT2D eigenvalue weighted by atomic mass is 10.1. The molecule has 2 aliphatic rings. The van der Waals surface area contributed by atoms with Gasteiger partial charge in [0.2, 0.25) is 15.2 Å². The number of thioether (sulfide) groups is 1. The zero-order valence-electron chi connectivity index (χ0n) is 14.8. The van der Waals surface area contributed by atoms with Crippen LogP contribution in [-0.2, 0) is 10.0 Å². The number of Topliss-reactive ketones (excluding diaryl/α,β-unsaturated/α-hetero) is 1. The van der Waals surface area contributed by atoms with Gasteiger partial charge in [-0.15, -0.1) is 5.10 Å². The summed E-state index contributed by atoms with van der Waals surface area (Å²) < 4.78 is 28.6. The molecule has 2 fully saturated rings. The number of benzene rings is 1. The van der Waals surface area contributed by atoms with Crippen molar-refractivity contribution in [1.29, 1.82) is 0 Å². The van der Waals surface area contributed by atoms with Gasteiger partial charge in [-0.2, -0.15) is 4.31 Å². The molecule has 0 amide bonds. The Labute approximate surface area is 162 Å². The maximum Gasteiger partial charge on any atom is 0.243 e. The van der Waals surface area contributed by atoms with E-state index in [1.807, 2.05) is 0 Å². The molecule has 2 aromatic rings. The van der Waals surface area contributed by atoms with E-state index in [1.54, 1.807) is 16.8 Å². The lowest BCUT2D eigenvalue weighted by molar-refractivity contribution is 0.102. The number of hydrogen-bond donors (Lipinski definition) is 0. The van der Waals surface area contributed by atoms with Crippen LogP contribution < -0.4 is 0 Å². The summed E-state index contributed by atoms with van der Waals surface area (Å²) in [6.45, 7) is 1.13. The van der Waals surface area contributed by atoms with E-state index < -0.39 is 10.0 Å². The van der Waals surface area contributed by atoms with Crippen molar-refractivity contribution < 1.29 is 13.2 Å². The third-order valence-corrected chi connectivity index (χ3v) is 7.66. The van der Waals surface area contributed by atoms with Crippen molar-refractivity contribution in [3.63, 3.8) is 0 Å². The van der Waals surface area contributed by atoms with Crippen molar-refractivity contribution in [3.05, 3.63) is 29.8 Å². The van der Waals surface area contributed by atoms with E-state index in [-0.39, 0.29) is 16.4 Å². The quantitative estimate of drug-likeness (QED) is 0.512. The predicted molar refractivity (Wildman–Crippen MR) is 100 cm³/mol. The van der Waals surface area contributed by atoms with Crippen LogP contribution in [0.5, 0.6) is 0 Å². The minimum Gasteiger partial charge on any atom is -0.293 e. The van der Waals surface area contributed by atoms with Crippen molar-refractivity contribution in [3.8, 4) is 0 Å². The van der Waals surface area contributed by atoms with E-state index in [4.69, 9.17) is 0 Å². The van der Waals surface area contributed by atoms with Crippen molar-refractivity contribution in [2.45, 2.75) is 48.2 Å². The molecule has 2 heterocycles. The van der Waals surface area contributed by atoms with Gasteiger partial charge < -0.3 is 0 Å². The Morgan fingerprint density at radius 3 is 2.48 bits per heavy atom. The molecule has 0 unspecified atom stereocenters. The van der Waals surface area contributed by atoms with Gasteiger partial charge in [0.25, 0.3) is 0 Å². The second kappa shape index (κ2) is 7.69. The minimum atomic E-state index is -3.47. The van der Waals surface area contributed by atoms with E-state index in [0.717, 1.165) is 32.1 Å². The first-order valence-corrected chi connectivity index (χ1v) is 11.5. The molecule has 1 aliphatic carbocycles. The summed E-state index contributed by atoms with van der Waals surface area (Å²) in [5, 5.41) is 12.3. The highest BCUT2D eigenvalue weighted by Gasteiger charge is 2.28. The third kappa shape index (κ3) is 4.07. The van der Waals surface area contributed by atoms with Gasteiger partial charge in [-0.1, -0.05) is 30.3 Å². The van der Waals surface area contributed by atoms with E-state index in [9.17, 15) is 13.2 Å². The summed E-state index contributed by atoms with van der Waals surface area (Å²) in [5.74, 6) is 0.137. The van der Waals surface area contributed by atoms with Gasteiger partial charge in [-0.3, -0.25) is 4.79 Å². The highest BCUT2D eigenvalue weighted by molar-refractivity contribution is 7.99. The van der Waals surface area contributed by atoms with Crippen molar-refractivity contribution in [2.24, 2.45) is 0 Å². The summed E-state index contributed by atoms with van der Waals surface area (Å²) in [6, 6.07) is 6.58. The Morgan fingerprint density at radius 1 is 1.11 bits per heavy atom. The first-order chi connectivity index (χ1) is 13.1. The Kier molecular flexibility index (Phi) is 5.29. The summed E-state index contributed by atoms with van der Waals surface area (Å²) in [5.41, 5.74) is 0.491. The van der Waals surface area contributed by atoms with Crippen molar-refractivity contribution >= 4 is 27.6 Å². The average molecular weight is 408 g/mol. The van der Waals surface area contributed by atoms with Crippen LogP contribution in [-0.4, -0.2) is 57.6 Å². The van der Waals surface area contributed by atoms with E-state index >= 15 is 0 Å². The van der Waals surface area contributed by atoms with Crippen LogP contribution in [0.15, 0.2) is 34.3 Å². The third-order valence-electron chi connectivity index (χ3n) is 4.82. The summed E-state index contributed by atoms with van der Waals surface area (Å²) in [4.78, 5) is 12.7. The zero-order chi connectivity index (χ0) is 18.9. The fraction of sp³-hybridized carbons (Fsp3) is 0.529. The molecule has 10 heteroatoms. The van der Waals surface area contributed by atoms with E-state index in [2.05, 4.69) is 15.5 Å². The van der Waals surface area contributed by atoms with Crippen LogP contribution in [0.2, 0.25) is 0 Å². The molecule has 0 atom stereocenters. The molecule has 0 bridgehead atoms. The molecule has 8 nitrogen and oxygen atoms in total. The normalized spacial score (nSPS) is 18.5. The van der Waals surface area contributed by atoms with Crippen molar-refractivity contribution in [2.75, 3.05) is 18.8 Å². The SMILES string of the molecule is O=C(CSc1nnnn1C1CC1)c1ccc(S(=O)(=O)N2CCCCC2)cc1. The fourth-order valence-corrected chi connectivity index (χ4v) is 5.47. The molecule has 1 aliphatic heterocycles. The van der Waals surface area contributed by atoms with Crippen molar-refractivity contribution in [1.82, 2.24) is 24.5 Å². The molecule has 4 rings (SSSR count). The van der Waals surface area contributed by atoms with Crippen LogP contribution in [0.3, 0.4) is 0 Å². The molecule has 1 saturated heterocycles. The van der Waals surface area contributed by atoms with Gasteiger partial charge in [0.05, 0.1) is 16.7 Å². The Bertz CT molecular complexity index is 916. The molecule has 1 saturated carbocycles. The average Bonchev–Trinajstić information content (AvgIpc) is 3.44. The maximum atomic E-state index is 12.7. The number of tetrazole rings is 1. The number of ketones is 1. The monoisotopic (exact) mass is 407 g/mol. The van der Waals surface area contributed by atoms with Crippen LogP contribution in [0.1, 0.15) is 48.5 Å². The molecular formula is C17H21N5O3S2. The van der Waals surface area contributed by atoms with E-state index in [1.165, 1.54) is 28.2 Å². The largest absolute Gasteiger partial charge is 0.293 e. The number of carbonyl (C=O) groups excluding carboxylic acids is 1. The molecule has 0 spiro atoms. The number of piperidine rings is 1. The Morgan fingerprint density at radius 2 is 1.81 bits per heavy atom. The van der Waals surface area contributed by atoms with Gasteiger partial charge in [-0.25, -0.2) is 13.1 Å². The van der Waals surface area contributed by atoms with Gasteiger partial charge in [-0.05, 0) is 48.2 Å². The minimum absolute atomic E-state index is 0.0766. The molecule has 0 radical (unpaired) electrons. The fourth-order valence-electron chi connectivity index (χ4n) is 3.11. The Balaban J connectivity index is 1.40. The lowest BCUT2D eigenvalue weighted by Gasteiger charge is -2.25. The van der Waals surface area contributed by atoms with Gasteiger partial charge in [0.15, 0.2) is 5.78 Å². The number of hydrogen-bond acceptors (Lipinski definition) is 7. The summed E-state index contributed by atoms with van der Waals surface area (Å²) in [7, 11) is -3.47. The smallest absolute Gasteiger partial charge is 0.243 e. The summed E-state index contributed by atoms with van der Waals surface area (Å²) in [6.07, 6.45) is 5.00. The van der Waals surface area contributed by atoms with Gasteiger partial charge >= 0.3 is 0 Å². The molecule has 27 heavy (non-hydrogen) atoms. The maximum absolute atomic E-state index is 12.7. The van der Waals surface area contributed by atoms with Crippen LogP contribution in [0, 0.1) is 0 Å². The van der Waals surface area contributed by atoms with Gasteiger partial charge in [0.1, 0.15) is 0 Å². The lowest BCUT2D eigenvalue weighted by Crippen LogP contribution is -2.35. The van der Waals surface area contributed by atoms with Crippen LogP contribution in [0.25, 0.3) is 0 Å². The van der Waals surface area contributed by atoms with Crippen LogP contribution >= 0.6 is 11.8 Å². The molecule has 1 aromatic carbocycles. The number of rotatable bonds is 7. The number of carbonyl (C=O) groups is 1. The zero-order valence-corrected chi connectivity index (χ0v) is 16.5.